The van der Waals surface area contributed by atoms with Crippen molar-refractivity contribution in [3.63, 3.8) is 0 Å². The van der Waals surface area contributed by atoms with Crippen LogP contribution >= 0.6 is 0 Å². The van der Waals surface area contributed by atoms with Gasteiger partial charge in [0.1, 0.15) is 0 Å². The van der Waals surface area contributed by atoms with Gasteiger partial charge in [-0.3, -0.25) is 9.59 Å². The second-order valence-corrected chi connectivity index (χ2v) is 10.4. The van der Waals surface area contributed by atoms with E-state index in [9.17, 15) is 18.0 Å². The van der Waals surface area contributed by atoms with E-state index in [0.717, 1.165) is 11.8 Å². The molecule has 1 aliphatic heterocycles. The van der Waals surface area contributed by atoms with E-state index in [1.54, 1.807) is 12.1 Å². The molecule has 152 valence electrons. The predicted molar refractivity (Wildman–Crippen MR) is 105 cm³/mol. The Balaban J connectivity index is 1.34. The number of hydrogen-bond donors (Lipinski definition) is 0. The third-order valence-electron chi connectivity index (χ3n) is 6.81. The van der Waals surface area contributed by atoms with Crippen LogP contribution in [0.25, 0.3) is 0 Å². The predicted octanol–water partition coefficient (Wildman–Crippen LogP) is 2.55. The smallest absolute Gasteiger partial charge is 0.243 e. The molecule has 1 saturated heterocycles. The molecular weight excluding hydrogens is 376 g/mol. The lowest BCUT2D eigenvalue weighted by Gasteiger charge is -2.35. The van der Waals surface area contributed by atoms with Crippen LogP contribution in [0.2, 0.25) is 0 Å². The number of nitrogens with zero attached hydrogens (tertiary/aromatic N) is 2. The van der Waals surface area contributed by atoms with Gasteiger partial charge in [0.25, 0.3) is 0 Å². The number of sulfonamides is 1. The summed E-state index contributed by atoms with van der Waals surface area (Å²) in [4.78, 5) is 26.1. The zero-order valence-electron chi connectivity index (χ0n) is 16.3. The number of rotatable bonds is 5. The number of hydrogen-bond acceptors (Lipinski definition) is 4. The summed E-state index contributed by atoms with van der Waals surface area (Å²) in [6, 6.07) is 6.06. The minimum absolute atomic E-state index is 0.0911. The van der Waals surface area contributed by atoms with Crippen LogP contribution in [-0.4, -0.2) is 55.5 Å². The second kappa shape index (κ2) is 7.59. The van der Waals surface area contributed by atoms with E-state index in [0.29, 0.717) is 44.1 Å². The number of fused-ring (bicyclic) bond motifs is 2. The van der Waals surface area contributed by atoms with Gasteiger partial charge in [-0.25, -0.2) is 8.42 Å². The van der Waals surface area contributed by atoms with Gasteiger partial charge in [0.2, 0.25) is 15.9 Å². The molecule has 0 spiro atoms. The van der Waals surface area contributed by atoms with E-state index in [2.05, 4.69) is 0 Å². The average molecular weight is 405 g/mol. The Labute approximate surface area is 166 Å². The molecule has 3 atom stereocenters. The van der Waals surface area contributed by atoms with E-state index >= 15 is 0 Å². The van der Waals surface area contributed by atoms with Crippen LogP contribution in [0.15, 0.2) is 29.2 Å². The molecule has 1 amide bonds. The molecule has 1 heterocycles. The lowest BCUT2D eigenvalue weighted by molar-refractivity contribution is -0.133. The van der Waals surface area contributed by atoms with Crippen molar-refractivity contribution in [2.24, 2.45) is 17.8 Å². The van der Waals surface area contributed by atoms with Crippen molar-refractivity contribution in [3.8, 4) is 0 Å². The summed E-state index contributed by atoms with van der Waals surface area (Å²) in [7, 11) is -3.60. The summed E-state index contributed by atoms with van der Waals surface area (Å²) in [5.41, 5.74) is 0.495. The number of piperazine rings is 1. The molecule has 2 saturated carbocycles. The van der Waals surface area contributed by atoms with Crippen LogP contribution in [0, 0.1) is 17.8 Å². The molecular formula is C21H28N2O4S. The molecule has 0 N–H and O–H groups in total. The number of carbonyl (C=O) groups is 2. The molecule has 0 aromatic heterocycles. The third kappa shape index (κ3) is 3.74. The van der Waals surface area contributed by atoms with Crippen molar-refractivity contribution in [1.82, 2.24) is 9.21 Å². The normalized spacial score (nSPS) is 27.9. The number of Topliss-reactive ketones (excluding diaryl/α,β-unsaturated/α-hetero) is 1. The van der Waals surface area contributed by atoms with E-state index in [1.165, 1.54) is 49.0 Å². The third-order valence-corrected chi connectivity index (χ3v) is 8.72. The maximum atomic E-state index is 12.8. The molecule has 7 heteroatoms. The van der Waals surface area contributed by atoms with Crippen molar-refractivity contribution >= 4 is 21.7 Å². The first kappa shape index (κ1) is 19.6. The highest BCUT2D eigenvalue weighted by Crippen LogP contribution is 2.49. The quantitative estimate of drug-likeness (QED) is 0.707. The molecule has 1 aromatic carbocycles. The Morgan fingerprint density at radius 2 is 1.68 bits per heavy atom. The van der Waals surface area contributed by atoms with Gasteiger partial charge in [0.15, 0.2) is 5.78 Å². The number of amides is 1. The fourth-order valence-corrected chi connectivity index (χ4v) is 6.59. The summed E-state index contributed by atoms with van der Waals surface area (Å²) in [5.74, 6) is 2.19. The molecule has 28 heavy (non-hydrogen) atoms. The summed E-state index contributed by atoms with van der Waals surface area (Å²) < 4.78 is 27.1. The van der Waals surface area contributed by atoms with E-state index < -0.39 is 10.0 Å². The highest BCUT2D eigenvalue weighted by Gasteiger charge is 2.41. The van der Waals surface area contributed by atoms with Crippen molar-refractivity contribution in [2.75, 3.05) is 26.2 Å². The number of benzene rings is 1. The van der Waals surface area contributed by atoms with Crippen molar-refractivity contribution < 1.29 is 18.0 Å². The Morgan fingerprint density at radius 3 is 2.21 bits per heavy atom. The van der Waals surface area contributed by atoms with Crippen LogP contribution in [0.5, 0.6) is 0 Å². The van der Waals surface area contributed by atoms with E-state index in [4.69, 9.17) is 0 Å². The van der Waals surface area contributed by atoms with Gasteiger partial charge in [-0.2, -0.15) is 4.31 Å². The molecule has 3 aliphatic rings. The molecule has 3 fully saturated rings. The maximum Gasteiger partial charge on any atom is 0.243 e. The molecule has 3 unspecified atom stereocenters. The lowest BCUT2D eigenvalue weighted by atomic mass is 9.86. The fraction of sp³-hybridized carbons (Fsp3) is 0.619. The molecule has 2 aliphatic carbocycles. The summed E-state index contributed by atoms with van der Waals surface area (Å²) in [6.07, 6.45) is 5.73. The molecule has 0 radical (unpaired) electrons. The second-order valence-electron chi connectivity index (χ2n) is 8.50. The molecule has 4 rings (SSSR count). The van der Waals surface area contributed by atoms with Crippen LogP contribution in [0.4, 0.5) is 0 Å². The summed E-state index contributed by atoms with van der Waals surface area (Å²) >= 11 is 0. The first-order chi connectivity index (χ1) is 13.3. The Hall–Kier alpha value is -1.73. The van der Waals surface area contributed by atoms with Gasteiger partial charge in [0.05, 0.1) is 4.90 Å². The minimum atomic E-state index is -3.60. The average Bonchev–Trinajstić information content (AvgIpc) is 3.31. The van der Waals surface area contributed by atoms with E-state index in [1.807, 2.05) is 4.90 Å². The molecule has 2 bridgehead atoms. The van der Waals surface area contributed by atoms with E-state index in [-0.39, 0.29) is 16.6 Å². The first-order valence-electron chi connectivity index (χ1n) is 10.2. The summed E-state index contributed by atoms with van der Waals surface area (Å²) in [6.45, 7) is 2.99. The Bertz CT molecular complexity index is 857. The van der Waals surface area contributed by atoms with Gasteiger partial charge in [-0.15, -0.1) is 0 Å². The van der Waals surface area contributed by atoms with Crippen molar-refractivity contribution in [2.45, 2.75) is 43.9 Å². The molecule has 1 aromatic rings. The Morgan fingerprint density at radius 1 is 1.00 bits per heavy atom. The number of ketones is 1. The van der Waals surface area contributed by atoms with Crippen LogP contribution in [0.1, 0.15) is 49.4 Å². The lowest BCUT2D eigenvalue weighted by Crippen LogP contribution is -2.50. The summed E-state index contributed by atoms with van der Waals surface area (Å²) in [5, 5.41) is 0. The number of carbonyl (C=O) groups excluding carboxylic acids is 2. The zero-order valence-corrected chi connectivity index (χ0v) is 17.2. The topological polar surface area (TPSA) is 74.8 Å². The van der Waals surface area contributed by atoms with Gasteiger partial charge in [-0.1, -0.05) is 18.6 Å². The molecule has 6 nitrogen and oxygen atoms in total. The zero-order chi connectivity index (χ0) is 19.9. The van der Waals surface area contributed by atoms with Gasteiger partial charge >= 0.3 is 0 Å². The van der Waals surface area contributed by atoms with Crippen molar-refractivity contribution in [3.05, 3.63) is 29.8 Å². The van der Waals surface area contributed by atoms with Gasteiger partial charge in [0, 0.05) is 38.2 Å². The first-order valence-corrected chi connectivity index (χ1v) is 11.7. The Kier molecular flexibility index (Phi) is 5.31. The highest BCUT2D eigenvalue weighted by molar-refractivity contribution is 7.89. The minimum Gasteiger partial charge on any atom is -0.340 e. The van der Waals surface area contributed by atoms with Gasteiger partial charge < -0.3 is 4.90 Å². The van der Waals surface area contributed by atoms with Crippen molar-refractivity contribution in [1.29, 1.82) is 0 Å². The van der Waals surface area contributed by atoms with Crippen LogP contribution in [0.3, 0.4) is 0 Å². The monoisotopic (exact) mass is 404 g/mol. The highest BCUT2D eigenvalue weighted by atomic mass is 32.2. The standard InChI is InChI=1S/C21H28N2O4S/c1-15(24)17-4-6-20(7-5-17)28(26,27)23-10-8-22(9-11-23)21(25)14-19-13-16-2-3-18(19)12-16/h4-7,16,18-19H,2-3,8-14H2,1H3. The van der Waals surface area contributed by atoms with Gasteiger partial charge in [-0.05, 0) is 56.1 Å². The van der Waals surface area contributed by atoms with Crippen LogP contribution in [-0.2, 0) is 14.8 Å². The fourth-order valence-electron chi connectivity index (χ4n) is 5.17. The van der Waals surface area contributed by atoms with Crippen LogP contribution < -0.4 is 0 Å². The maximum absolute atomic E-state index is 12.8. The largest absolute Gasteiger partial charge is 0.340 e. The SMILES string of the molecule is CC(=O)c1ccc(S(=O)(=O)N2CCN(C(=O)CC3CC4CCC3C4)CC2)cc1.